The van der Waals surface area contributed by atoms with Crippen molar-refractivity contribution in [1.82, 2.24) is 10.4 Å². The first-order valence-electron chi connectivity index (χ1n) is 5.35. The first-order chi connectivity index (χ1) is 7.36. The molecule has 1 aromatic carbocycles. The monoisotopic (exact) mass is 202 g/mol. The number of hydrogen-bond donors (Lipinski definition) is 2. The zero-order valence-corrected chi connectivity index (χ0v) is 8.48. The van der Waals surface area contributed by atoms with Crippen molar-refractivity contribution in [2.24, 2.45) is 0 Å². The maximum Gasteiger partial charge on any atom is 0.0659 e. The molecular weight excluding hydrogens is 188 g/mol. The smallest absolute Gasteiger partial charge is 0.0659 e. The second-order valence-electron chi connectivity index (χ2n) is 4.04. The van der Waals surface area contributed by atoms with E-state index in [2.05, 4.69) is 23.5 Å². The van der Waals surface area contributed by atoms with Crippen molar-refractivity contribution in [3.05, 3.63) is 34.7 Å². The summed E-state index contributed by atoms with van der Waals surface area (Å²) in [7, 11) is 0. The Hall–Kier alpha value is -1.32. The van der Waals surface area contributed by atoms with Crippen molar-refractivity contribution in [3.63, 3.8) is 0 Å². The maximum atomic E-state index is 9.89. The van der Waals surface area contributed by atoms with Crippen LogP contribution in [0.25, 0.3) is 11.8 Å². The van der Waals surface area contributed by atoms with Crippen LogP contribution in [-0.4, -0.2) is 29.4 Å². The number of piperazine rings is 1. The van der Waals surface area contributed by atoms with E-state index >= 15 is 0 Å². The van der Waals surface area contributed by atoms with E-state index in [-0.39, 0.29) is 6.04 Å². The predicted octanol–water partition coefficient (Wildman–Crippen LogP) is -0.358. The normalized spacial score (nSPS) is 24.2. The maximum absolute atomic E-state index is 9.89. The van der Waals surface area contributed by atoms with Gasteiger partial charge in [0.15, 0.2) is 0 Å². The fraction of sp³-hybridized carbons (Fsp3) is 0.333. The van der Waals surface area contributed by atoms with Gasteiger partial charge >= 0.3 is 0 Å². The molecule has 2 aliphatic rings. The molecule has 3 rings (SSSR count). The quantitative estimate of drug-likeness (QED) is 0.603. The third-order valence-electron chi connectivity index (χ3n) is 3.13. The van der Waals surface area contributed by atoms with E-state index in [0.717, 1.165) is 23.9 Å². The number of fused-ring (bicyclic) bond motifs is 2. The van der Waals surface area contributed by atoms with Gasteiger partial charge in [-0.25, -0.2) is 0 Å². The largest absolute Gasteiger partial charge is 0.306 e. The van der Waals surface area contributed by atoms with Crippen molar-refractivity contribution in [3.8, 4) is 0 Å². The molecule has 0 spiro atoms. The number of hydroxylamine groups is 2. The molecule has 0 bridgehead atoms. The van der Waals surface area contributed by atoms with Gasteiger partial charge in [-0.3, -0.25) is 10.3 Å². The summed E-state index contributed by atoms with van der Waals surface area (Å²) in [4.78, 5) is 0. The lowest BCUT2D eigenvalue weighted by Gasteiger charge is -2.34. The Morgan fingerprint density at radius 2 is 2.20 bits per heavy atom. The van der Waals surface area contributed by atoms with E-state index < -0.39 is 0 Å². The molecule has 1 fully saturated rings. The molecule has 0 aromatic heterocycles. The second-order valence-corrected chi connectivity index (χ2v) is 4.04. The molecule has 78 valence electrons. The van der Waals surface area contributed by atoms with Gasteiger partial charge in [-0.1, -0.05) is 30.3 Å². The topological polar surface area (TPSA) is 35.5 Å². The second kappa shape index (κ2) is 3.36. The number of nitrogens with one attached hydrogen (secondary N) is 1. The van der Waals surface area contributed by atoms with Crippen LogP contribution in [0.3, 0.4) is 0 Å². The molecule has 15 heavy (non-hydrogen) atoms. The molecule has 1 heterocycles. The summed E-state index contributed by atoms with van der Waals surface area (Å²) in [6, 6.07) is 8.50. The van der Waals surface area contributed by atoms with Gasteiger partial charge in [0.05, 0.1) is 18.3 Å². The summed E-state index contributed by atoms with van der Waals surface area (Å²) < 4.78 is 0. The van der Waals surface area contributed by atoms with Crippen LogP contribution in [0, 0.1) is 0 Å². The van der Waals surface area contributed by atoms with Crippen molar-refractivity contribution in [1.29, 1.82) is 0 Å². The van der Waals surface area contributed by atoms with Gasteiger partial charge in [-0.15, -0.1) is 0 Å². The molecular formula is C12H14N2O. The molecule has 0 amide bonds. The van der Waals surface area contributed by atoms with Gasteiger partial charge in [0.25, 0.3) is 0 Å². The Balaban J connectivity index is 2.30. The lowest BCUT2D eigenvalue weighted by molar-refractivity contribution is -0.0427. The Morgan fingerprint density at radius 1 is 1.33 bits per heavy atom. The molecule has 3 nitrogen and oxygen atoms in total. The summed E-state index contributed by atoms with van der Waals surface area (Å²) >= 11 is 0. The summed E-state index contributed by atoms with van der Waals surface area (Å²) in [5, 5.41) is 17.1. The lowest BCUT2D eigenvalue weighted by Crippen LogP contribution is -2.52. The SMILES string of the molecule is ON1CCNC2CC=c3ccccc3=C21. The molecule has 1 atom stereocenters. The number of rotatable bonds is 0. The number of hydrogen-bond acceptors (Lipinski definition) is 3. The Bertz CT molecular complexity index is 495. The molecule has 0 radical (unpaired) electrons. The molecule has 2 N–H and O–H groups in total. The third kappa shape index (κ3) is 1.35. The Kier molecular flexibility index (Phi) is 2.01. The highest BCUT2D eigenvalue weighted by molar-refractivity contribution is 5.55. The van der Waals surface area contributed by atoms with E-state index in [1.165, 1.54) is 10.3 Å². The highest BCUT2D eigenvalue weighted by Gasteiger charge is 2.25. The molecule has 1 aliphatic carbocycles. The molecule has 1 unspecified atom stereocenters. The van der Waals surface area contributed by atoms with E-state index in [4.69, 9.17) is 0 Å². The minimum atomic E-state index is 0.277. The standard InChI is InChI=1S/C12H14N2O/c15-14-8-7-13-11-6-5-9-3-1-2-4-10(9)12(11)14/h1-5,11,13,15H,6-8H2. The lowest BCUT2D eigenvalue weighted by atomic mass is 9.98. The van der Waals surface area contributed by atoms with Crippen molar-refractivity contribution in [2.45, 2.75) is 12.5 Å². The van der Waals surface area contributed by atoms with Crippen molar-refractivity contribution in [2.75, 3.05) is 13.1 Å². The van der Waals surface area contributed by atoms with Crippen molar-refractivity contribution < 1.29 is 5.21 Å². The van der Waals surface area contributed by atoms with Crippen LogP contribution >= 0.6 is 0 Å². The van der Waals surface area contributed by atoms with Gasteiger partial charge in [-0.05, 0) is 11.6 Å². The number of benzene rings is 1. The molecule has 1 aliphatic heterocycles. The first kappa shape index (κ1) is 8.95. The van der Waals surface area contributed by atoms with Crippen LogP contribution < -0.4 is 15.8 Å². The third-order valence-corrected chi connectivity index (χ3v) is 3.13. The Labute approximate surface area is 88.3 Å². The summed E-state index contributed by atoms with van der Waals surface area (Å²) in [6.45, 7) is 1.51. The summed E-state index contributed by atoms with van der Waals surface area (Å²) in [5.74, 6) is 0. The Morgan fingerprint density at radius 3 is 3.13 bits per heavy atom. The van der Waals surface area contributed by atoms with Crippen molar-refractivity contribution >= 4 is 11.8 Å². The minimum Gasteiger partial charge on any atom is -0.306 e. The first-order valence-corrected chi connectivity index (χ1v) is 5.35. The van der Waals surface area contributed by atoms with Gasteiger partial charge in [0.2, 0.25) is 0 Å². The zero-order chi connectivity index (χ0) is 10.3. The average molecular weight is 202 g/mol. The molecule has 0 saturated carbocycles. The molecule has 3 heteroatoms. The van der Waals surface area contributed by atoms with Crippen LogP contribution in [0.15, 0.2) is 24.3 Å². The zero-order valence-electron chi connectivity index (χ0n) is 8.48. The summed E-state index contributed by atoms with van der Waals surface area (Å²) in [6.07, 6.45) is 3.19. The minimum absolute atomic E-state index is 0.277. The van der Waals surface area contributed by atoms with Crippen LogP contribution in [-0.2, 0) is 0 Å². The molecule has 1 aromatic rings. The number of nitrogens with zero attached hydrogens (tertiary/aromatic N) is 1. The summed E-state index contributed by atoms with van der Waals surface area (Å²) in [5.41, 5.74) is 1.03. The fourth-order valence-electron chi connectivity index (χ4n) is 2.42. The van der Waals surface area contributed by atoms with Gasteiger partial charge in [0, 0.05) is 11.8 Å². The van der Waals surface area contributed by atoms with E-state index in [9.17, 15) is 5.21 Å². The van der Waals surface area contributed by atoms with E-state index in [0.29, 0.717) is 6.54 Å². The van der Waals surface area contributed by atoms with Gasteiger partial charge in [-0.2, -0.15) is 0 Å². The van der Waals surface area contributed by atoms with Gasteiger partial charge in [0.1, 0.15) is 0 Å². The average Bonchev–Trinajstić information content (AvgIpc) is 2.29. The fourth-order valence-corrected chi connectivity index (χ4v) is 2.42. The van der Waals surface area contributed by atoms with E-state index in [1.807, 2.05) is 12.1 Å². The highest BCUT2D eigenvalue weighted by Crippen LogP contribution is 2.15. The van der Waals surface area contributed by atoms with Crippen LogP contribution in [0.4, 0.5) is 0 Å². The van der Waals surface area contributed by atoms with Crippen LogP contribution in [0.2, 0.25) is 0 Å². The van der Waals surface area contributed by atoms with Crippen LogP contribution in [0.5, 0.6) is 0 Å². The van der Waals surface area contributed by atoms with Gasteiger partial charge < -0.3 is 5.32 Å². The van der Waals surface area contributed by atoms with E-state index in [1.54, 1.807) is 0 Å². The predicted molar refractivity (Wildman–Crippen MR) is 58.5 cm³/mol. The molecule has 1 saturated heterocycles. The van der Waals surface area contributed by atoms with Crippen LogP contribution in [0.1, 0.15) is 6.42 Å². The highest BCUT2D eigenvalue weighted by atomic mass is 16.5.